The van der Waals surface area contributed by atoms with Crippen LogP contribution in [0.2, 0.25) is 0 Å². The third-order valence-electron chi connectivity index (χ3n) is 5.78. The van der Waals surface area contributed by atoms with Gasteiger partial charge >= 0.3 is 0 Å². The van der Waals surface area contributed by atoms with Crippen molar-refractivity contribution in [2.45, 2.75) is 18.4 Å². The Morgan fingerprint density at radius 3 is 2.37 bits per heavy atom. The van der Waals surface area contributed by atoms with Gasteiger partial charge in [0.15, 0.2) is 17.6 Å². The zero-order chi connectivity index (χ0) is 25.0. The van der Waals surface area contributed by atoms with Gasteiger partial charge in [-0.15, -0.1) is 0 Å². The Hall–Kier alpha value is -3.72. The molecule has 3 aromatic rings. The molecule has 0 saturated carbocycles. The Morgan fingerprint density at radius 1 is 0.971 bits per heavy atom. The molecule has 1 aliphatic heterocycles. The molecule has 1 aliphatic rings. The minimum Gasteiger partial charge on any atom is -0.493 e. The molecule has 0 aromatic heterocycles. The molecule has 0 aliphatic carbocycles. The van der Waals surface area contributed by atoms with Gasteiger partial charge in [-0.3, -0.25) is 9.10 Å². The van der Waals surface area contributed by atoms with Crippen LogP contribution in [0.4, 0.5) is 5.69 Å². The van der Waals surface area contributed by atoms with Crippen molar-refractivity contribution in [1.82, 2.24) is 4.90 Å². The molecule has 1 amide bonds. The van der Waals surface area contributed by atoms with Crippen LogP contribution in [0.5, 0.6) is 17.2 Å². The lowest BCUT2D eigenvalue weighted by Crippen LogP contribution is -2.51. The summed E-state index contributed by atoms with van der Waals surface area (Å²) in [5.74, 6) is 1.01. The lowest BCUT2D eigenvalue weighted by atomic mass is 10.1. The second-order valence-electron chi connectivity index (χ2n) is 8.23. The van der Waals surface area contributed by atoms with Crippen LogP contribution in [0.15, 0.2) is 72.8 Å². The second-order valence-corrected chi connectivity index (χ2v) is 10.1. The maximum Gasteiger partial charge on any atom is 0.265 e. The normalized spacial score (nSPS) is 15.1. The Bertz CT molecular complexity index is 1300. The fraction of sp³-hybridized carbons (Fsp3) is 0.269. The highest BCUT2D eigenvalue weighted by Gasteiger charge is 2.37. The van der Waals surface area contributed by atoms with E-state index in [1.807, 2.05) is 12.1 Å². The fourth-order valence-corrected chi connectivity index (χ4v) is 5.62. The summed E-state index contributed by atoms with van der Waals surface area (Å²) in [6.07, 6.45) is -0.986. The third kappa shape index (κ3) is 5.35. The topological polar surface area (TPSA) is 85.4 Å². The van der Waals surface area contributed by atoms with E-state index in [-0.39, 0.29) is 24.7 Å². The number of likely N-dealkylation sites (N-methyl/N-ethyl adjacent to an activating group) is 1. The Balaban J connectivity index is 1.56. The summed E-state index contributed by atoms with van der Waals surface area (Å²) in [5.41, 5.74) is 1.93. The largest absolute Gasteiger partial charge is 0.493 e. The Kier molecular flexibility index (Phi) is 7.16. The first kappa shape index (κ1) is 24.4. The SMILES string of the molecule is COc1ccc(CN(C)C(=O)[C@H]2CN(S(=O)(=O)Cc3ccccc3)c3ccccc3O2)cc1OC. The van der Waals surface area contributed by atoms with Crippen molar-refractivity contribution in [3.05, 3.63) is 83.9 Å². The smallest absolute Gasteiger partial charge is 0.265 e. The zero-order valence-electron chi connectivity index (χ0n) is 19.9. The van der Waals surface area contributed by atoms with Crippen LogP contribution in [0.3, 0.4) is 0 Å². The number of rotatable bonds is 8. The van der Waals surface area contributed by atoms with E-state index in [0.29, 0.717) is 28.5 Å². The van der Waals surface area contributed by atoms with Crippen LogP contribution in [-0.4, -0.2) is 53.1 Å². The molecule has 0 spiro atoms. The van der Waals surface area contributed by atoms with Crippen LogP contribution >= 0.6 is 0 Å². The molecule has 0 N–H and O–H groups in total. The van der Waals surface area contributed by atoms with Crippen molar-refractivity contribution < 1.29 is 27.4 Å². The van der Waals surface area contributed by atoms with Gasteiger partial charge in [0.2, 0.25) is 10.0 Å². The van der Waals surface area contributed by atoms with Crippen molar-refractivity contribution in [2.24, 2.45) is 0 Å². The molecular weight excluding hydrogens is 468 g/mol. The van der Waals surface area contributed by atoms with Crippen molar-refractivity contribution in [3.8, 4) is 17.2 Å². The van der Waals surface area contributed by atoms with E-state index in [1.165, 1.54) is 9.21 Å². The van der Waals surface area contributed by atoms with Gasteiger partial charge in [0.1, 0.15) is 5.75 Å². The summed E-state index contributed by atoms with van der Waals surface area (Å²) in [4.78, 5) is 14.9. The van der Waals surface area contributed by atoms with E-state index in [9.17, 15) is 13.2 Å². The molecule has 35 heavy (non-hydrogen) atoms. The minimum absolute atomic E-state index is 0.110. The molecule has 1 heterocycles. The number of carbonyl (C=O) groups is 1. The van der Waals surface area contributed by atoms with Gasteiger partial charge in [0.05, 0.1) is 32.2 Å². The molecule has 0 radical (unpaired) electrons. The number of ether oxygens (including phenoxy) is 3. The third-order valence-corrected chi connectivity index (χ3v) is 7.50. The standard InChI is InChI=1S/C26H28N2O6S/c1-27(16-20-13-14-23(32-2)24(15-20)33-3)26(29)25-17-28(21-11-7-8-12-22(21)34-25)35(30,31)18-19-9-5-4-6-10-19/h4-15,25H,16-18H2,1-3H3/t25-/m1/s1. The summed E-state index contributed by atoms with van der Waals surface area (Å²) in [7, 11) is 1.00. The average molecular weight is 497 g/mol. The quantitative estimate of drug-likeness (QED) is 0.475. The molecule has 3 aromatic carbocycles. The van der Waals surface area contributed by atoms with Crippen molar-refractivity contribution in [2.75, 3.05) is 32.1 Å². The summed E-state index contributed by atoms with van der Waals surface area (Å²) in [5, 5.41) is 0. The van der Waals surface area contributed by atoms with E-state index < -0.39 is 16.1 Å². The van der Waals surface area contributed by atoms with E-state index in [0.717, 1.165) is 5.56 Å². The van der Waals surface area contributed by atoms with Crippen LogP contribution in [0.25, 0.3) is 0 Å². The first-order chi connectivity index (χ1) is 16.8. The summed E-state index contributed by atoms with van der Waals surface area (Å²) in [6.45, 7) is 0.179. The van der Waals surface area contributed by atoms with Gasteiger partial charge in [-0.05, 0) is 35.4 Å². The van der Waals surface area contributed by atoms with Gasteiger partial charge in [-0.2, -0.15) is 0 Å². The monoisotopic (exact) mass is 496 g/mol. The molecule has 184 valence electrons. The molecule has 9 heteroatoms. The van der Waals surface area contributed by atoms with Crippen LogP contribution in [-0.2, 0) is 27.1 Å². The number of anilines is 1. The average Bonchev–Trinajstić information content (AvgIpc) is 2.87. The summed E-state index contributed by atoms with van der Waals surface area (Å²) < 4.78 is 44.7. The molecule has 0 fully saturated rings. The van der Waals surface area contributed by atoms with Crippen molar-refractivity contribution in [1.29, 1.82) is 0 Å². The lowest BCUT2D eigenvalue weighted by Gasteiger charge is -2.36. The number of hydrogen-bond donors (Lipinski definition) is 0. The van der Waals surface area contributed by atoms with Crippen LogP contribution in [0.1, 0.15) is 11.1 Å². The van der Waals surface area contributed by atoms with Gasteiger partial charge in [-0.25, -0.2) is 8.42 Å². The summed E-state index contributed by atoms with van der Waals surface area (Å²) in [6, 6.07) is 21.3. The molecule has 1 atom stereocenters. The highest BCUT2D eigenvalue weighted by atomic mass is 32.2. The lowest BCUT2D eigenvalue weighted by molar-refractivity contribution is -0.137. The molecular formula is C26H28N2O6S. The number of nitrogens with zero attached hydrogens (tertiary/aromatic N) is 2. The maximum absolute atomic E-state index is 13.4. The molecule has 0 saturated heterocycles. The van der Waals surface area contributed by atoms with Gasteiger partial charge in [-0.1, -0.05) is 48.5 Å². The molecule has 4 rings (SSSR count). The van der Waals surface area contributed by atoms with E-state index >= 15 is 0 Å². The number of methoxy groups -OCH3 is 2. The van der Waals surface area contributed by atoms with Crippen molar-refractivity contribution in [3.63, 3.8) is 0 Å². The number of fused-ring (bicyclic) bond motifs is 1. The maximum atomic E-state index is 13.4. The molecule has 0 unspecified atom stereocenters. The number of hydrogen-bond acceptors (Lipinski definition) is 6. The molecule has 8 nitrogen and oxygen atoms in total. The van der Waals surface area contributed by atoms with E-state index in [2.05, 4.69) is 0 Å². The van der Waals surface area contributed by atoms with Gasteiger partial charge < -0.3 is 19.1 Å². The first-order valence-corrected chi connectivity index (χ1v) is 12.7. The number of sulfonamides is 1. The number of benzene rings is 3. The zero-order valence-corrected chi connectivity index (χ0v) is 20.7. The van der Waals surface area contributed by atoms with Crippen molar-refractivity contribution >= 4 is 21.6 Å². The first-order valence-electron chi connectivity index (χ1n) is 11.1. The highest BCUT2D eigenvalue weighted by Crippen LogP contribution is 2.36. The Labute approximate surface area is 205 Å². The van der Waals surface area contributed by atoms with Crippen LogP contribution in [0, 0.1) is 0 Å². The number of amides is 1. The van der Waals surface area contributed by atoms with Gasteiger partial charge in [0.25, 0.3) is 5.91 Å². The number of carbonyl (C=O) groups excluding carboxylic acids is 1. The van der Waals surface area contributed by atoms with Crippen LogP contribution < -0.4 is 18.5 Å². The minimum atomic E-state index is -3.77. The second kappa shape index (κ2) is 10.3. The van der Waals surface area contributed by atoms with E-state index in [1.54, 1.807) is 81.9 Å². The molecule has 0 bridgehead atoms. The predicted molar refractivity (Wildman–Crippen MR) is 133 cm³/mol. The van der Waals surface area contributed by atoms with Gasteiger partial charge in [0, 0.05) is 13.6 Å². The van der Waals surface area contributed by atoms with E-state index in [4.69, 9.17) is 14.2 Å². The predicted octanol–water partition coefficient (Wildman–Crippen LogP) is 3.46. The fourth-order valence-electron chi connectivity index (χ4n) is 4.03. The Morgan fingerprint density at radius 2 is 1.66 bits per heavy atom. The highest BCUT2D eigenvalue weighted by molar-refractivity contribution is 7.92. The summed E-state index contributed by atoms with van der Waals surface area (Å²) >= 11 is 0. The number of para-hydroxylation sites is 2.